The van der Waals surface area contributed by atoms with Gasteiger partial charge < -0.3 is 15.1 Å². The molecule has 1 aliphatic heterocycles. The molecule has 1 rings (SSSR count). The van der Waals surface area contributed by atoms with Crippen molar-refractivity contribution in [2.45, 2.75) is 0 Å². The summed E-state index contributed by atoms with van der Waals surface area (Å²) in [6.07, 6.45) is -2.56. The van der Waals surface area contributed by atoms with Crippen molar-refractivity contribution < 1.29 is 24.6 Å². The maximum absolute atomic E-state index is 10.8. The first-order valence-electron chi connectivity index (χ1n) is 4.36. The van der Waals surface area contributed by atoms with Crippen molar-refractivity contribution in [3.05, 3.63) is 0 Å². The van der Waals surface area contributed by atoms with E-state index in [0.717, 1.165) is 10.0 Å². The molecule has 0 atom stereocenters. The number of hydroxylamine groups is 2. The van der Waals surface area contributed by atoms with Gasteiger partial charge in [0.05, 0.1) is 20.2 Å². The lowest BCUT2D eigenvalue weighted by atomic mass is 10.6. The molecule has 0 aromatic heterocycles. The molecular formula is C7H13N3O5. The van der Waals surface area contributed by atoms with E-state index in [1.54, 1.807) is 0 Å². The monoisotopic (exact) mass is 219 g/mol. The van der Waals surface area contributed by atoms with Crippen LogP contribution in [0.3, 0.4) is 0 Å². The quantitative estimate of drug-likeness (QED) is 0.631. The summed E-state index contributed by atoms with van der Waals surface area (Å²) in [6, 6.07) is 0. The topological polar surface area (TPSA) is 93.6 Å². The van der Waals surface area contributed by atoms with Crippen molar-refractivity contribution in [1.82, 2.24) is 15.1 Å². The normalized spacial score (nSPS) is 18.7. The molecule has 0 radical (unpaired) electrons. The Bertz CT molecular complexity index is 235. The highest BCUT2D eigenvalue weighted by Gasteiger charge is 2.29. The summed E-state index contributed by atoms with van der Waals surface area (Å²) in [4.78, 5) is 26.5. The van der Waals surface area contributed by atoms with Crippen LogP contribution in [0, 0.1) is 0 Å². The van der Waals surface area contributed by atoms with Gasteiger partial charge in [0.25, 0.3) is 0 Å². The van der Waals surface area contributed by atoms with Crippen LogP contribution >= 0.6 is 0 Å². The van der Waals surface area contributed by atoms with E-state index in [1.807, 2.05) is 0 Å². The minimum Gasteiger partial charge on any atom is -0.464 e. The summed E-state index contributed by atoms with van der Waals surface area (Å²) in [5.74, 6) is 0. The second-order valence-electron chi connectivity index (χ2n) is 2.92. The number of hydrazine groups is 1. The van der Waals surface area contributed by atoms with Gasteiger partial charge in [-0.1, -0.05) is 0 Å². The third kappa shape index (κ3) is 2.70. The zero-order valence-electron chi connectivity index (χ0n) is 8.29. The highest BCUT2D eigenvalue weighted by Crippen LogP contribution is 2.06. The number of amides is 2. The van der Waals surface area contributed by atoms with Crippen molar-refractivity contribution in [2.24, 2.45) is 0 Å². The molecule has 0 saturated carbocycles. The Hall–Kier alpha value is -1.54. The zero-order chi connectivity index (χ0) is 11.4. The van der Waals surface area contributed by atoms with Gasteiger partial charge in [0, 0.05) is 13.1 Å². The number of carboxylic acid groups (broad SMARTS) is 2. The molecular weight excluding hydrogens is 206 g/mol. The van der Waals surface area contributed by atoms with Crippen LogP contribution < -0.4 is 0 Å². The second kappa shape index (κ2) is 4.80. The first-order valence-corrected chi connectivity index (χ1v) is 4.36. The lowest BCUT2D eigenvalue weighted by Gasteiger charge is -2.27. The van der Waals surface area contributed by atoms with Gasteiger partial charge >= 0.3 is 12.2 Å². The molecule has 0 spiro atoms. The highest BCUT2D eigenvalue weighted by atomic mass is 16.7. The Morgan fingerprint density at radius 3 is 1.67 bits per heavy atom. The summed E-state index contributed by atoms with van der Waals surface area (Å²) >= 11 is 0. The average Bonchev–Trinajstić information content (AvgIpc) is 2.38. The van der Waals surface area contributed by atoms with E-state index in [-0.39, 0.29) is 13.1 Å². The van der Waals surface area contributed by atoms with E-state index < -0.39 is 12.2 Å². The Morgan fingerprint density at radius 2 is 1.40 bits per heavy atom. The van der Waals surface area contributed by atoms with E-state index in [9.17, 15) is 9.59 Å². The van der Waals surface area contributed by atoms with Gasteiger partial charge in [-0.05, 0) is 0 Å². The number of hydrogen-bond acceptors (Lipinski definition) is 4. The van der Waals surface area contributed by atoms with Gasteiger partial charge in [-0.3, -0.25) is 0 Å². The van der Waals surface area contributed by atoms with Crippen LogP contribution in [0.25, 0.3) is 0 Å². The number of carbonyl (C=O) groups is 2. The minimum atomic E-state index is -1.28. The molecule has 8 nitrogen and oxygen atoms in total. The molecule has 1 fully saturated rings. The largest absolute Gasteiger partial charge is 0.464 e. The van der Waals surface area contributed by atoms with Crippen LogP contribution in [0.4, 0.5) is 9.59 Å². The molecule has 1 aliphatic rings. The Labute approximate surface area is 86.2 Å². The fourth-order valence-corrected chi connectivity index (χ4v) is 1.35. The maximum Gasteiger partial charge on any atom is 0.426 e. The fraction of sp³-hybridized carbons (Fsp3) is 0.714. The average molecular weight is 219 g/mol. The molecule has 0 aromatic carbocycles. The molecule has 0 unspecified atom stereocenters. The third-order valence-electron chi connectivity index (χ3n) is 2.11. The molecule has 86 valence electrons. The summed E-state index contributed by atoms with van der Waals surface area (Å²) in [5.41, 5.74) is 0. The predicted octanol–water partition coefficient (Wildman–Crippen LogP) is -0.262. The number of rotatable bonds is 1. The number of nitrogens with zero attached hydrogens (tertiary/aromatic N) is 3. The van der Waals surface area contributed by atoms with Crippen molar-refractivity contribution in [1.29, 1.82) is 0 Å². The van der Waals surface area contributed by atoms with E-state index in [0.29, 0.717) is 13.1 Å². The molecule has 15 heavy (non-hydrogen) atoms. The summed E-state index contributed by atoms with van der Waals surface area (Å²) in [5, 5.41) is 20.6. The first-order chi connectivity index (χ1) is 7.06. The van der Waals surface area contributed by atoms with Gasteiger partial charge in [0.15, 0.2) is 0 Å². The smallest absolute Gasteiger partial charge is 0.426 e. The SMILES string of the molecule is CON1CCN(C(=O)O)N(C(=O)O)CC1. The van der Waals surface area contributed by atoms with Crippen LogP contribution in [-0.2, 0) is 4.84 Å². The summed E-state index contributed by atoms with van der Waals surface area (Å²) in [6.45, 7) is 0.810. The van der Waals surface area contributed by atoms with Crippen molar-refractivity contribution in [3.8, 4) is 0 Å². The Morgan fingerprint density at radius 1 is 1.00 bits per heavy atom. The van der Waals surface area contributed by atoms with Gasteiger partial charge in [-0.15, -0.1) is 0 Å². The molecule has 0 aromatic rings. The van der Waals surface area contributed by atoms with Crippen LogP contribution in [-0.4, -0.2) is 70.8 Å². The molecule has 0 aliphatic carbocycles. The molecule has 2 N–H and O–H groups in total. The first kappa shape index (κ1) is 11.5. The second-order valence-corrected chi connectivity index (χ2v) is 2.92. The summed E-state index contributed by atoms with van der Waals surface area (Å²) < 4.78 is 0. The Kier molecular flexibility index (Phi) is 3.69. The predicted molar refractivity (Wildman–Crippen MR) is 48.0 cm³/mol. The number of hydrogen-bond donors (Lipinski definition) is 2. The molecule has 1 heterocycles. The standard InChI is InChI=1S/C7H13N3O5/c1-15-8-2-4-9(6(11)12)10(5-3-8)7(13)14/h2-5H2,1H3,(H,11,12)(H,13,14). The van der Waals surface area contributed by atoms with E-state index >= 15 is 0 Å². The van der Waals surface area contributed by atoms with Crippen LogP contribution in [0.1, 0.15) is 0 Å². The van der Waals surface area contributed by atoms with Crippen LogP contribution in [0.2, 0.25) is 0 Å². The fourth-order valence-electron chi connectivity index (χ4n) is 1.35. The Balaban J connectivity index is 2.74. The van der Waals surface area contributed by atoms with E-state index in [2.05, 4.69) is 0 Å². The van der Waals surface area contributed by atoms with Crippen molar-refractivity contribution in [3.63, 3.8) is 0 Å². The highest BCUT2D eigenvalue weighted by molar-refractivity contribution is 5.71. The lowest BCUT2D eigenvalue weighted by Crippen LogP contribution is -2.49. The molecule has 8 heteroatoms. The van der Waals surface area contributed by atoms with Gasteiger partial charge in [0.2, 0.25) is 0 Å². The van der Waals surface area contributed by atoms with Crippen molar-refractivity contribution in [2.75, 3.05) is 33.3 Å². The molecule has 0 bridgehead atoms. The van der Waals surface area contributed by atoms with E-state index in [4.69, 9.17) is 15.1 Å². The summed E-state index contributed by atoms with van der Waals surface area (Å²) in [7, 11) is 1.46. The van der Waals surface area contributed by atoms with E-state index in [1.165, 1.54) is 12.2 Å². The van der Waals surface area contributed by atoms with Crippen LogP contribution in [0.15, 0.2) is 0 Å². The van der Waals surface area contributed by atoms with Gasteiger partial charge in [0.1, 0.15) is 0 Å². The van der Waals surface area contributed by atoms with Gasteiger partial charge in [-0.2, -0.15) is 5.06 Å². The molecule has 1 saturated heterocycles. The maximum atomic E-state index is 10.8. The molecule has 2 amide bonds. The third-order valence-corrected chi connectivity index (χ3v) is 2.11. The lowest BCUT2D eigenvalue weighted by molar-refractivity contribution is -0.125. The minimum absolute atomic E-state index is 0.0650. The van der Waals surface area contributed by atoms with Crippen molar-refractivity contribution >= 4 is 12.2 Å². The van der Waals surface area contributed by atoms with Gasteiger partial charge in [-0.25, -0.2) is 19.6 Å². The zero-order valence-corrected chi connectivity index (χ0v) is 8.29. The van der Waals surface area contributed by atoms with Crippen LogP contribution in [0.5, 0.6) is 0 Å².